The summed E-state index contributed by atoms with van der Waals surface area (Å²) in [5.41, 5.74) is 4.30. The normalized spacial score (nSPS) is 12.8. The molecule has 0 fully saturated rings. The third-order valence-corrected chi connectivity index (χ3v) is 6.38. The van der Waals surface area contributed by atoms with E-state index in [9.17, 15) is 4.79 Å². The molecule has 3 heteroatoms. The van der Waals surface area contributed by atoms with Gasteiger partial charge in [0.1, 0.15) is 4.75 Å². The van der Waals surface area contributed by atoms with Crippen LogP contribution in [0.2, 0.25) is 0 Å². The lowest BCUT2D eigenvalue weighted by Crippen LogP contribution is -2.33. The van der Waals surface area contributed by atoms with Crippen molar-refractivity contribution in [3.8, 4) is 11.1 Å². The second-order valence-electron chi connectivity index (χ2n) is 6.62. The van der Waals surface area contributed by atoms with Crippen LogP contribution in [0.5, 0.6) is 0 Å². The molecule has 3 aromatic rings. The van der Waals surface area contributed by atoms with Gasteiger partial charge in [0.2, 0.25) is 0 Å². The van der Waals surface area contributed by atoms with Gasteiger partial charge in [-0.1, -0.05) is 78.9 Å². The van der Waals surface area contributed by atoms with E-state index in [4.69, 9.17) is 4.74 Å². The highest BCUT2D eigenvalue weighted by Gasteiger charge is 2.42. The van der Waals surface area contributed by atoms with Crippen molar-refractivity contribution >= 4 is 17.7 Å². The van der Waals surface area contributed by atoms with Crippen LogP contribution in [-0.4, -0.2) is 13.1 Å². The Labute approximate surface area is 171 Å². The van der Waals surface area contributed by atoms with Crippen LogP contribution < -0.4 is 0 Å². The van der Waals surface area contributed by atoms with Gasteiger partial charge in [-0.2, -0.15) is 0 Å². The van der Waals surface area contributed by atoms with Gasteiger partial charge >= 0.3 is 5.97 Å². The highest BCUT2D eigenvalue weighted by Crippen LogP contribution is 2.46. The van der Waals surface area contributed by atoms with E-state index < -0.39 is 4.75 Å². The molecule has 0 spiro atoms. The standard InChI is InChI=1S/C25H24O2S/c1-4-18-25(24(26)27-3,28-23-13-9-8-10-19(23)2)22-16-14-21(15-17-22)20-11-6-5-7-12-20/h4-17H,1,18H2,2-3H3. The van der Waals surface area contributed by atoms with Crippen molar-refractivity contribution in [3.63, 3.8) is 0 Å². The quantitative estimate of drug-likeness (QED) is 0.266. The van der Waals surface area contributed by atoms with Crippen molar-refractivity contribution in [2.45, 2.75) is 23.0 Å². The van der Waals surface area contributed by atoms with Crippen LogP contribution >= 0.6 is 11.8 Å². The number of hydrogen-bond acceptors (Lipinski definition) is 3. The molecule has 0 saturated heterocycles. The molecule has 0 aromatic heterocycles. The van der Waals surface area contributed by atoms with E-state index in [2.05, 4.69) is 43.8 Å². The summed E-state index contributed by atoms with van der Waals surface area (Å²) < 4.78 is 4.36. The average molecular weight is 389 g/mol. The number of carbonyl (C=O) groups excluding carboxylic acids is 1. The maximum atomic E-state index is 13.0. The Morgan fingerprint density at radius 3 is 2.18 bits per heavy atom. The molecule has 0 saturated carbocycles. The molecule has 0 aliphatic rings. The van der Waals surface area contributed by atoms with Crippen LogP contribution in [0, 0.1) is 6.92 Å². The number of ether oxygens (including phenoxy) is 1. The smallest absolute Gasteiger partial charge is 0.327 e. The Bertz CT molecular complexity index is 948. The number of esters is 1. The lowest BCUT2D eigenvalue weighted by atomic mass is 9.92. The molecule has 1 atom stereocenters. The zero-order valence-corrected chi connectivity index (χ0v) is 17.0. The second kappa shape index (κ2) is 8.94. The van der Waals surface area contributed by atoms with Crippen LogP contribution in [0.25, 0.3) is 11.1 Å². The lowest BCUT2D eigenvalue weighted by molar-refractivity contribution is -0.143. The van der Waals surface area contributed by atoms with Gasteiger partial charge in [0.15, 0.2) is 0 Å². The van der Waals surface area contributed by atoms with Crippen molar-refractivity contribution < 1.29 is 9.53 Å². The Morgan fingerprint density at radius 2 is 1.57 bits per heavy atom. The summed E-state index contributed by atoms with van der Waals surface area (Å²) in [6.07, 6.45) is 2.26. The van der Waals surface area contributed by atoms with E-state index in [1.165, 1.54) is 18.9 Å². The van der Waals surface area contributed by atoms with Gasteiger partial charge in [0.25, 0.3) is 0 Å². The fraction of sp³-hybridized carbons (Fsp3) is 0.160. The average Bonchev–Trinajstić information content (AvgIpc) is 2.75. The zero-order valence-electron chi connectivity index (χ0n) is 16.2. The molecule has 2 nitrogen and oxygen atoms in total. The highest BCUT2D eigenvalue weighted by atomic mass is 32.2. The maximum absolute atomic E-state index is 13.0. The molecule has 0 radical (unpaired) electrons. The van der Waals surface area contributed by atoms with Crippen LogP contribution in [0.4, 0.5) is 0 Å². The van der Waals surface area contributed by atoms with E-state index in [0.29, 0.717) is 6.42 Å². The zero-order chi connectivity index (χ0) is 20.0. The Balaban J connectivity index is 2.06. The Kier molecular flexibility index (Phi) is 6.37. The van der Waals surface area contributed by atoms with E-state index in [-0.39, 0.29) is 5.97 Å². The maximum Gasteiger partial charge on any atom is 0.327 e. The third-order valence-electron chi connectivity index (χ3n) is 4.78. The topological polar surface area (TPSA) is 26.3 Å². The van der Waals surface area contributed by atoms with Gasteiger partial charge in [0.05, 0.1) is 7.11 Å². The summed E-state index contributed by atoms with van der Waals surface area (Å²) in [5.74, 6) is -0.270. The predicted molar refractivity (Wildman–Crippen MR) is 117 cm³/mol. The third kappa shape index (κ3) is 4.05. The van der Waals surface area contributed by atoms with Gasteiger partial charge in [-0.15, -0.1) is 18.3 Å². The largest absolute Gasteiger partial charge is 0.468 e. The molecule has 0 heterocycles. The first-order valence-corrected chi connectivity index (χ1v) is 10.0. The number of rotatable bonds is 7. The summed E-state index contributed by atoms with van der Waals surface area (Å²) in [7, 11) is 1.44. The van der Waals surface area contributed by atoms with E-state index >= 15 is 0 Å². The number of aryl methyl sites for hydroxylation is 1. The monoisotopic (exact) mass is 388 g/mol. The number of methoxy groups -OCH3 is 1. The minimum atomic E-state index is -0.877. The first kappa shape index (κ1) is 20.0. The van der Waals surface area contributed by atoms with Crippen molar-refractivity contribution in [1.29, 1.82) is 0 Å². The van der Waals surface area contributed by atoms with Gasteiger partial charge in [-0.05, 0) is 41.7 Å². The van der Waals surface area contributed by atoms with E-state index in [1.54, 1.807) is 6.08 Å². The number of carbonyl (C=O) groups is 1. The van der Waals surface area contributed by atoms with Crippen molar-refractivity contribution in [3.05, 3.63) is 103 Å². The molecule has 0 aliphatic carbocycles. The first-order valence-electron chi connectivity index (χ1n) is 9.20. The second-order valence-corrected chi connectivity index (χ2v) is 7.96. The minimum Gasteiger partial charge on any atom is -0.468 e. The number of hydrogen-bond donors (Lipinski definition) is 0. The van der Waals surface area contributed by atoms with E-state index in [1.807, 2.05) is 48.5 Å². The molecule has 0 bridgehead atoms. The summed E-state index contributed by atoms with van der Waals surface area (Å²) in [4.78, 5) is 14.1. The molecule has 1 unspecified atom stereocenters. The molecule has 3 aromatic carbocycles. The molecule has 0 amide bonds. The first-order chi connectivity index (χ1) is 13.6. The lowest BCUT2D eigenvalue weighted by Gasteiger charge is -2.30. The Hall–Kier alpha value is -2.78. The predicted octanol–water partition coefficient (Wildman–Crippen LogP) is 6.40. The van der Waals surface area contributed by atoms with Crippen molar-refractivity contribution in [2.75, 3.05) is 7.11 Å². The molecule has 0 N–H and O–H groups in total. The SMILES string of the molecule is C=CCC(Sc1ccccc1C)(C(=O)OC)c1ccc(-c2ccccc2)cc1. The molecular formula is C25H24O2S. The molecule has 28 heavy (non-hydrogen) atoms. The van der Waals surface area contributed by atoms with Crippen LogP contribution in [0.3, 0.4) is 0 Å². The number of benzene rings is 3. The molecule has 3 rings (SSSR count). The fourth-order valence-electron chi connectivity index (χ4n) is 3.25. The molecular weight excluding hydrogens is 364 g/mol. The van der Waals surface area contributed by atoms with Crippen LogP contribution in [0.1, 0.15) is 17.5 Å². The Morgan fingerprint density at radius 1 is 0.964 bits per heavy atom. The minimum absolute atomic E-state index is 0.270. The van der Waals surface area contributed by atoms with Gasteiger partial charge in [-0.3, -0.25) is 4.79 Å². The van der Waals surface area contributed by atoms with Crippen LogP contribution in [-0.2, 0) is 14.3 Å². The highest BCUT2D eigenvalue weighted by molar-refractivity contribution is 8.01. The number of allylic oxidation sites excluding steroid dienone is 1. The van der Waals surface area contributed by atoms with Gasteiger partial charge in [-0.25, -0.2) is 0 Å². The number of thioether (sulfide) groups is 1. The van der Waals surface area contributed by atoms with Gasteiger partial charge < -0.3 is 4.74 Å². The van der Waals surface area contributed by atoms with Crippen molar-refractivity contribution in [1.82, 2.24) is 0 Å². The fourth-order valence-corrected chi connectivity index (χ4v) is 4.62. The van der Waals surface area contributed by atoms with Crippen LogP contribution in [0.15, 0.2) is 96.4 Å². The summed E-state index contributed by atoms with van der Waals surface area (Å²) >= 11 is 1.53. The van der Waals surface area contributed by atoms with Crippen molar-refractivity contribution in [2.24, 2.45) is 0 Å². The van der Waals surface area contributed by atoms with Gasteiger partial charge in [0, 0.05) is 4.90 Å². The summed E-state index contributed by atoms with van der Waals surface area (Å²) in [5, 5.41) is 0. The summed E-state index contributed by atoms with van der Waals surface area (Å²) in [6, 6.07) is 26.4. The molecule has 0 aliphatic heterocycles. The van der Waals surface area contributed by atoms with E-state index in [0.717, 1.165) is 27.1 Å². The summed E-state index contributed by atoms with van der Waals surface area (Å²) in [6.45, 7) is 5.95. The molecule has 142 valence electrons.